The summed E-state index contributed by atoms with van der Waals surface area (Å²) in [5.74, 6) is 0. The summed E-state index contributed by atoms with van der Waals surface area (Å²) in [5.41, 5.74) is 0.926. The third kappa shape index (κ3) is 3.22. The van der Waals surface area contributed by atoms with Crippen molar-refractivity contribution in [3.05, 3.63) is 36.6 Å². The minimum Gasteiger partial charge on any atom is -0.299 e. The van der Waals surface area contributed by atoms with Crippen LogP contribution in [0.15, 0.2) is 36.6 Å². The quantitative estimate of drug-likeness (QED) is 0.382. The lowest BCUT2D eigenvalue weighted by Crippen LogP contribution is -1.62. The first kappa shape index (κ1) is 7.02. The van der Waals surface area contributed by atoms with Crippen LogP contribution in [0.4, 0.5) is 0 Å². The van der Waals surface area contributed by atoms with E-state index in [1.807, 2.05) is 6.92 Å². The van der Waals surface area contributed by atoms with Crippen LogP contribution >= 0.6 is 0 Å². The van der Waals surface area contributed by atoms with Crippen molar-refractivity contribution in [2.45, 2.75) is 6.92 Å². The highest BCUT2D eigenvalue weighted by Gasteiger charge is 1.73. The van der Waals surface area contributed by atoms with Crippen molar-refractivity contribution >= 4 is 0 Å². The van der Waals surface area contributed by atoms with E-state index in [9.17, 15) is 5.11 Å². The van der Waals surface area contributed by atoms with Crippen LogP contribution in [0.25, 0.3) is 0 Å². The van der Waals surface area contributed by atoms with Gasteiger partial charge >= 0.3 is 0 Å². The lowest BCUT2D eigenvalue weighted by molar-refractivity contribution is 0.351. The van der Waals surface area contributed by atoms with Gasteiger partial charge in [0.25, 0.3) is 0 Å². The van der Waals surface area contributed by atoms with Gasteiger partial charge in [0.15, 0.2) is 0 Å². The van der Waals surface area contributed by atoms with Crippen LogP contribution in [0.5, 0.6) is 0 Å². The van der Waals surface area contributed by atoms with E-state index in [4.69, 9.17) is 0 Å². The Morgan fingerprint density at radius 3 is 2.62 bits per heavy atom. The topological polar surface area (TPSA) is 19.9 Å². The second-order valence-corrected chi connectivity index (χ2v) is 1.45. The van der Waals surface area contributed by atoms with Crippen molar-refractivity contribution in [1.29, 1.82) is 0 Å². The van der Waals surface area contributed by atoms with Crippen molar-refractivity contribution < 1.29 is 5.11 Å². The molecule has 1 radical (unpaired) electrons. The van der Waals surface area contributed by atoms with Gasteiger partial charge in [-0.25, -0.2) is 0 Å². The molecule has 43 valence electrons. The highest BCUT2D eigenvalue weighted by Crippen LogP contribution is 1.92. The molecule has 1 nitrogen and oxygen atoms in total. The first-order valence-corrected chi connectivity index (χ1v) is 2.39. The predicted octanol–water partition coefficient (Wildman–Crippen LogP) is 2.06. The third-order valence-corrected chi connectivity index (χ3v) is 0.712. The Labute approximate surface area is 49.7 Å². The van der Waals surface area contributed by atoms with Gasteiger partial charge in [0.1, 0.15) is 6.26 Å². The lowest BCUT2D eigenvalue weighted by Gasteiger charge is -1.80. The van der Waals surface area contributed by atoms with Crippen molar-refractivity contribution in [2.75, 3.05) is 0 Å². The molecule has 0 heterocycles. The molecular formula is C7H9O. The number of hydrogen-bond acceptors (Lipinski definition) is 0. The molecule has 0 aromatic rings. The fourth-order valence-electron chi connectivity index (χ4n) is 0.349. The zero-order valence-corrected chi connectivity index (χ0v) is 4.92. The summed E-state index contributed by atoms with van der Waals surface area (Å²) in [6.07, 6.45) is 5.67. The monoisotopic (exact) mass is 109 g/mol. The van der Waals surface area contributed by atoms with E-state index in [2.05, 4.69) is 6.58 Å². The summed E-state index contributed by atoms with van der Waals surface area (Å²) in [6, 6.07) is 0. The molecule has 0 aliphatic carbocycles. The van der Waals surface area contributed by atoms with Crippen LogP contribution in [0, 0.1) is 0 Å². The Morgan fingerprint density at radius 1 is 1.62 bits per heavy atom. The van der Waals surface area contributed by atoms with Gasteiger partial charge in [0.05, 0.1) is 0 Å². The third-order valence-electron chi connectivity index (χ3n) is 0.712. The van der Waals surface area contributed by atoms with Crippen molar-refractivity contribution in [3.8, 4) is 0 Å². The van der Waals surface area contributed by atoms with Crippen molar-refractivity contribution in [1.82, 2.24) is 0 Å². The fraction of sp³-hybridized carbons (Fsp3) is 0.143. The molecule has 0 unspecified atom stereocenters. The first-order chi connectivity index (χ1) is 3.81. The Bertz CT molecular complexity index is 120. The van der Waals surface area contributed by atoms with E-state index in [0.717, 1.165) is 11.8 Å². The van der Waals surface area contributed by atoms with Gasteiger partial charge in [-0.2, -0.15) is 0 Å². The summed E-state index contributed by atoms with van der Waals surface area (Å²) in [7, 11) is 0. The van der Waals surface area contributed by atoms with E-state index < -0.39 is 0 Å². The van der Waals surface area contributed by atoms with Gasteiger partial charge in [-0.15, -0.1) is 0 Å². The molecule has 0 N–H and O–H groups in total. The highest BCUT2D eigenvalue weighted by molar-refractivity contribution is 5.18. The normalized spacial score (nSPS) is 12.4. The molecule has 0 aliphatic heterocycles. The SMILES string of the molecule is C=CC=C(C)C=C[O]. The van der Waals surface area contributed by atoms with Crippen LogP contribution < -0.4 is 0 Å². The van der Waals surface area contributed by atoms with Crippen LogP contribution in [0.3, 0.4) is 0 Å². The Balaban J connectivity index is 3.79. The molecule has 0 rings (SSSR count). The molecular weight excluding hydrogens is 100 g/mol. The summed E-state index contributed by atoms with van der Waals surface area (Å²) in [6.45, 7) is 5.31. The molecule has 0 saturated carbocycles. The minimum absolute atomic E-state index is 0.759. The average Bonchev–Trinajstić information content (AvgIpc) is 1.68. The zero-order valence-electron chi connectivity index (χ0n) is 4.92. The van der Waals surface area contributed by atoms with E-state index in [1.165, 1.54) is 6.08 Å². The van der Waals surface area contributed by atoms with Gasteiger partial charge in [0.2, 0.25) is 0 Å². The molecule has 0 fully saturated rings. The van der Waals surface area contributed by atoms with Gasteiger partial charge < -0.3 is 0 Å². The zero-order chi connectivity index (χ0) is 6.41. The van der Waals surface area contributed by atoms with Gasteiger partial charge in [-0.3, -0.25) is 5.11 Å². The van der Waals surface area contributed by atoms with Gasteiger partial charge in [0, 0.05) is 0 Å². The maximum Gasteiger partial charge on any atom is 0.143 e. The fourth-order valence-corrected chi connectivity index (χ4v) is 0.349. The standard InChI is InChI=1S/C7H9O/c1-3-4-7(2)5-6-8/h3-6H,1H2,2H3. The molecule has 0 aromatic heterocycles. The van der Waals surface area contributed by atoms with Gasteiger partial charge in [-0.1, -0.05) is 18.7 Å². The summed E-state index contributed by atoms with van der Waals surface area (Å²) < 4.78 is 0. The summed E-state index contributed by atoms with van der Waals surface area (Å²) in [4.78, 5) is 0. The minimum atomic E-state index is 0.759. The molecule has 0 aromatic carbocycles. The smallest absolute Gasteiger partial charge is 0.143 e. The van der Waals surface area contributed by atoms with Crippen LogP contribution in [-0.4, -0.2) is 0 Å². The second kappa shape index (κ2) is 4.19. The van der Waals surface area contributed by atoms with Crippen LogP contribution in [0.1, 0.15) is 6.92 Å². The second-order valence-electron chi connectivity index (χ2n) is 1.45. The molecule has 0 amide bonds. The molecule has 0 aliphatic rings. The molecule has 0 atom stereocenters. The van der Waals surface area contributed by atoms with E-state index in [0.29, 0.717) is 0 Å². The number of rotatable bonds is 2. The number of hydrogen-bond donors (Lipinski definition) is 0. The molecule has 0 bridgehead atoms. The van der Waals surface area contributed by atoms with Gasteiger partial charge in [-0.05, 0) is 18.6 Å². The summed E-state index contributed by atoms with van der Waals surface area (Å²) >= 11 is 0. The predicted molar refractivity (Wildman–Crippen MR) is 33.8 cm³/mol. The van der Waals surface area contributed by atoms with Crippen molar-refractivity contribution in [3.63, 3.8) is 0 Å². The molecule has 0 saturated heterocycles. The summed E-state index contributed by atoms with van der Waals surface area (Å²) in [5, 5.41) is 9.76. The average molecular weight is 109 g/mol. The highest BCUT2D eigenvalue weighted by atomic mass is 16.2. The first-order valence-electron chi connectivity index (χ1n) is 2.39. The Hall–Kier alpha value is -0.980. The number of allylic oxidation sites excluding steroid dienone is 4. The molecule has 0 spiro atoms. The van der Waals surface area contributed by atoms with Crippen molar-refractivity contribution in [2.24, 2.45) is 0 Å². The maximum atomic E-state index is 9.76. The van der Waals surface area contributed by atoms with E-state index in [-0.39, 0.29) is 0 Å². The Kier molecular flexibility index (Phi) is 3.67. The largest absolute Gasteiger partial charge is 0.299 e. The lowest BCUT2D eigenvalue weighted by atomic mass is 10.3. The molecule has 1 heteroatoms. The van der Waals surface area contributed by atoms with Crippen LogP contribution in [0.2, 0.25) is 0 Å². The maximum absolute atomic E-state index is 9.76. The molecule has 8 heavy (non-hydrogen) atoms. The van der Waals surface area contributed by atoms with Crippen LogP contribution in [-0.2, 0) is 5.11 Å². The van der Waals surface area contributed by atoms with E-state index in [1.54, 1.807) is 12.2 Å². The van der Waals surface area contributed by atoms with E-state index >= 15 is 0 Å². The Morgan fingerprint density at radius 2 is 2.25 bits per heavy atom.